The molecule has 1 N–H and O–H groups in total. The SMILES string of the molecule is CNC(c1ccc2c(c1)OCCO2)c1cc(Cl)sc1Cl. The number of fused-ring (bicyclic) bond motifs is 1. The highest BCUT2D eigenvalue weighted by molar-refractivity contribution is 7.20. The van der Waals surface area contributed by atoms with E-state index in [1.165, 1.54) is 11.3 Å². The Bertz CT molecular complexity index is 630. The smallest absolute Gasteiger partial charge is 0.161 e. The van der Waals surface area contributed by atoms with Gasteiger partial charge in [-0.1, -0.05) is 29.3 Å². The van der Waals surface area contributed by atoms with Crippen LogP contribution in [0.2, 0.25) is 8.67 Å². The van der Waals surface area contributed by atoms with Gasteiger partial charge in [0.15, 0.2) is 11.5 Å². The highest BCUT2D eigenvalue weighted by Gasteiger charge is 2.20. The van der Waals surface area contributed by atoms with Gasteiger partial charge in [-0.25, -0.2) is 0 Å². The Kier molecular flexibility index (Phi) is 4.08. The molecular weight excluding hydrogens is 317 g/mol. The molecule has 1 aliphatic heterocycles. The third-order valence-corrected chi connectivity index (χ3v) is 4.70. The summed E-state index contributed by atoms with van der Waals surface area (Å²) in [6, 6.07) is 7.79. The van der Waals surface area contributed by atoms with E-state index < -0.39 is 0 Å². The lowest BCUT2D eigenvalue weighted by Crippen LogP contribution is -2.19. The fourth-order valence-electron chi connectivity index (χ4n) is 2.29. The zero-order valence-electron chi connectivity index (χ0n) is 10.8. The van der Waals surface area contributed by atoms with Crippen LogP contribution in [-0.2, 0) is 0 Å². The maximum atomic E-state index is 6.25. The predicted molar refractivity (Wildman–Crippen MR) is 82.7 cm³/mol. The molecule has 1 atom stereocenters. The molecule has 3 nitrogen and oxygen atoms in total. The van der Waals surface area contributed by atoms with Crippen LogP contribution in [0.25, 0.3) is 0 Å². The van der Waals surface area contributed by atoms with Crippen LogP contribution in [0.4, 0.5) is 0 Å². The number of hydrogen-bond donors (Lipinski definition) is 1. The van der Waals surface area contributed by atoms with Crippen LogP contribution in [-0.4, -0.2) is 20.3 Å². The summed E-state index contributed by atoms with van der Waals surface area (Å²) in [5.74, 6) is 1.55. The molecule has 2 aromatic rings. The third kappa shape index (κ3) is 2.61. The van der Waals surface area contributed by atoms with Gasteiger partial charge in [-0.3, -0.25) is 0 Å². The van der Waals surface area contributed by atoms with Crippen LogP contribution in [0.1, 0.15) is 17.2 Å². The number of ether oxygens (including phenoxy) is 2. The second kappa shape index (κ2) is 5.82. The van der Waals surface area contributed by atoms with Gasteiger partial charge in [0.2, 0.25) is 0 Å². The van der Waals surface area contributed by atoms with Crippen molar-refractivity contribution < 1.29 is 9.47 Å². The van der Waals surface area contributed by atoms with Gasteiger partial charge >= 0.3 is 0 Å². The van der Waals surface area contributed by atoms with Gasteiger partial charge in [-0.15, -0.1) is 11.3 Å². The molecule has 2 heterocycles. The molecular formula is C14H13Cl2NO2S. The molecule has 0 saturated heterocycles. The Labute approximate surface area is 131 Å². The zero-order valence-corrected chi connectivity index (χ0v) is 13.1. The van der Waals surface area contributed by atoms with E-state index in [4.69, 9.17) is 32.7 Å². The van der Waals surface area contributed by atoms with Crippen LogP contribution in [0.5, 0.6) is 11.5 Å². The number of halogens is 2. The summed E-state index contributed by atoms with van der Waals surface area (Å²) in [7, 11) is 1.89. The molecule has 1 aromatic carbocycles. The van der Waals surface area contributed by atoms with Gasteiger partial charge in [0.1, 0.15) is 13.2 Å². The van der Waals surface area contributed by atoms with E-state index >= 15 is 0 Å². The number of benzene rings is 1. The normalized spacial score (nSPS) is 15.2. The summed E-state index contributed by atoms with van der Waals surface area (Å²) >= 11 is 13.7. The molecule has 0 fully saturated rings. The van der Waals surface area contributed by atoms with Crippen molar-refractivity contribution in [3.05, 3.63) is 44.1 Å². The fourth-order valence-corrected chi connectivity index (χ4v) is 3.82. The lowest BCUT2D eigenvalue weighted by atomic mass is 10.0. The Morgan fingerprint density at radius 3 is 2.55 bits per heavy atom. The molecule has 6 heteroatoms. The van der Waals surface area contributed by atoms with E-state index in [-0.39, 0.29) is 6.04 Å². The second-order valence-corrected chi connectivity index (χ2v) is 6.69. The maximum absolute atomic E-state index is 6.25. The van der Waals surface area contributed by atoms with Gasteiger partial charge in [-0.2, -0.15) is 0 Å². The topological polar surface area (TPSA) is 30.5 Å². The standard InChI is InChI=1S/C14H13Cl2NO2S/c1-17-13(9-7-12(15)20-14(9)16)8-2-3-10-11(6-8)19-5-4-18-10/h2-3,6-7,13,17H,4-5H2,1H3. The van der Waals surface area contributed by atoms with E-state index in [0.717, 1.165) is 22.6 Å². The number of thiophene rings is 1. The van der Waals surface area contributed by atoms with Gasteiger partial charge in [0, 0.05) is 5.56 Å². The summed E-state index contributed by atoms with van der Waals surface area (Å²) in [5.41, 5.74) is 2.04. The van der Waals surface area contributed by atoms with Crippen LogP contribution >= 0.6 is 34.5 Å². The molecule has 1 aliphatic rings. The molecule has 106 valence electrons. The molecule has 0 aliphatic carbocycles. The minimum atomic E-state index is -0.0259. The van der Waals surface area contributed by atoms with E-state index in [2.05, 4.69) is 5.32 Å². The van der Waals surface area contributed by atoms with E-state index in [0.29, 0.717) is 21.9 Å². The van der Waals surface area contributed by atoms with Crippen molar-refractivity contribution in [2.45, 2.75) is 6.04 Å². The summed E-state index contributed by atoms with van der Waals surface area (Å²) in [6.07, 6.45) is 0. The molecule has 0 radical (unpaired) electrons. The van der Waals surface area contributed by atoms with Crippen LogP contribution < -0.4 is 14.8 Å². The lowest BCUT2D eigenvalue weighted by Gasteiger charge is -2.22. The monoisotopic (exact) mass is 329 g/mol. The molecule has 3 rings (SSSR count). The maximum Gasteiger partial charge on any atom is 0.161 e. The summed E-state index contributed by atoms with van der Waals surface area (Å²) in [5, 5.41) is 3.26. The van der Waals surface area contributed by atoms with Crippen molar-refractivity contribution in [1.29, 1.82) is 0 Å². The van der Waals surface area contributed by atoms with Crippen molar-refractivity contribution in [2.24, 2.45) is 0 Å². The average molecular weight is 330 g/mol. The van der Waals surface area contributed by atoms with Crippen molar-refractivity contribution in [3.63, 3.8) is 0 Å². The first-order chi connectivity index (χ1) is 9.69. The van der Waals surface area contributed by atoms with Gasteiger partial charge in [0.05, 0.1) is 14.7 Å². The fraction of sp³-hybridized carbons (Fsp3) is 0.286. The predicted octanol–water partition coefficient (Wildman–Crippen LogP) is 4.13. The Balaban J connectivity index is 1.99. The Morgan fingerprint density at radius 2 is 1.90 bits per heavy atom. The molecule has 0 amide bonds. The van der Waals surface area contributed by atoms with Gasteiger partial charge in [-0.05, 0) is 30.8 Å². The molecule has 20 heavy (non-hydrogen) atoms. The average Bonchev–Trinajstić information content (AvgIpc) is 2.78. The highest BCUT2D eigenvalue weighted by Crippen LogP contribution is 2.39. The second-order valence-electron chi connectivity index (χ2n) is 4.40. The van der Waals surface area contributed by atoms with E-state index in [9.17, 15) is 0 Å². The quantitative estimate of drug-likeness (QED) is 0.918. The Hall–Kier alpha value is -0.940. The van der Waals surface area contributed by atoms with Crippen molar-refractivity contribution >= 4 is 34.5 Å². The molecule has 0 saturated carbocycles. The minimum Gasteiger partial charge on any atom is -0.486 e. The Morgan fingerprint density at radius 1 is 1.15 bits per heavy atom. The summed E-state index contributed by atoms with van der Waals surface area (Å²) in [6.45, 7) is 1.17. The van der Waals surface area contributed by atoms with Crippen molar-refractivity contribution in [2.75, 3.05) is 20.3 Å². The molecule has 0 spiro atoms. The van der Waals surface area contributed by atoms with Crippen LogP contribution in [0, 0.1) is 0 Å². The largest absolute Gasteiger partial charge is 0.486 e. The number of hydrogen-bond acceptors (Lipinski definition) is 4. The minimum absolute atomic E-state index is 0.0259. The number of nitrogens with one attached hydrogen (secondary N) is 1. The summed E-state index contributed by atoms with van der Waals surface area (Å²) in [4.78, 5) is 0. The first kappa shape index (κ1) is 14.0. The third-order valence-electron chi connectivity index (χ3n) is 3.18. The van der Waals surface area contributed by atoms with Crippen molar-refractivity contribution in [3.8, 4) is 11.5 Å². The van der Waals surface area contributed by atoms with E-state index in [1.54, 1.807) is 0 Å². The first-order valence-electron chi connectivity index (χ1n) is 6.20. The van der Waals surface area contributed by atoms with Gasteiger partial charge < -0.3 is 14.8 Å². The summed E-state index contributed by atoms with van der Waals surface area (Å²) < 4.78 is 12.5. The molecule has 1 unspecified atom stereocenters. The van der Waals surface area contributed by atoms with Gasteiger partial charge in [0.25, 0.3) is 0 Å². The van der Waals surface area contributed by atoms with Crippen LogP contribution in [0.3, 0.4) is 0 Å². The van der Waals surface area contributed by atoms with Crippen LogP contribution in [0.15, 0.2) is 24.3 Å². The zero-order chi connectivity index (χ0) is 14.1. The molecule has 1 aromatic heterocycles. The van der Waals surface area contributed by atoms with E-state index in [1.807, 2.05) is 31.3 Å². The highest BCUT2D eigenvalue weighted by atomic mass is 35.5. The first-order valence-corrected chi connectivity index (χ1v) is 7.78. The number of rotatable bonds is 3. The van der Waals surface area contributed by atoms with Crippen molar-refractivity contribution in [1.82, 2.24) is 5.32 Å². The lowest BCUT2D eigenvalue weighted by molar-refractivity contribution is 0.171. The molecule has 0 bridgehead atoms.